The van der Waals surface area contributed by atoms with Gasteiger partial charge in [0.05, 0.1) is 13.2 Å². The summed E-state index contributed by atoms with van der Waals surface area (Å²) in [5, 5.41) is -0.348. The maximum Gasteiger partial charge on any atom is 0.371 e. The molecule has 1 aliphatic heterocycles. The Balaban J connectivity index is 2.21. The Morgan fingerprint density at radius 1 is 1.62 bits per heavy atom. The molecule has 0 aromatic carbocycles. The molecular formula is C13H16N4O3S. The van der Waals surface area contributed by atoms with Crippen LogP contribution in [0.15, 0.2) is 16.8 Å². The number of allylic oxidation sites excluding steroid dienone is 1. The summed E-state index contributed by atoms with van der Waals surface area (Å²) in [6, 6.07) is 0. The highest BCUT2D eigenvalue weighted by molar-refractivity contribution is 8.16. The van der Waals surface area contributed by atoms with Gasteiger partial charge in [-0.3, -0.25) is 4.79 Å². The van der Waals surface area contributed by atoms with Gasteiger partial charge in [0, 0.05) is 28.8 Å². The number of anilines is 1. The summed E-state index contributed by atoms with van der Waals surface area (Å²) in [6.07, 6.45) is 2.92. The maximum atomic E-state index is 11.3. The van der Waals surface area contributed by atoms with Crippen molar-refractivity contribution >= 4 is 29.3 Å². The van der Waals surface area contributed by atoms with Crippen molar-refractivity contribution in [1.29, 1.82) is 0 Å². The summed E-state index contributed by atoms with van der Waals surface area (Å²) < 4.78 is 4.87. The van der Waals surface area contributed by atoms with Crippen molar-refractivity contribution in [2.75, 3.05) is 12.3 Å². The van der Waals surface area contributed by atoms with E-state index < -0.39 is 0 Å². The number of ether oxygens (including phenoxy) is 1. The molecule has 0 unspecified atom stereocenters. The van der Waals surface area contributed by atoms with Crippen LogP contribution in [0.1, 0.15) is 24.7 Å². The SMILES string of the molecule is CC(=C1CCOC(=O)S1)N(C=O)Cc1cnc(C)nc1N. The van der Waals surface area contributed by atoms with Crippen LogP contribution in [-0.4, -0.2) is 33.2 Å². The van der Waals surface area contributed by atoms with Crippen LogP contribution in [-0.2, 0) is 16.1 Å². The molecule has 21 heavy (non-hydrogen) atoms. The van der Waals surface area contributed by atoms with Gasteiger partial charge in [-0.15, -0.1) is 0 Å². The molecule has 2 rings (SSSR count). The number of aryl methyl sites for hydroxylation is 1. The Hall–Kier alpha value is -2.09. The molecular weight excluding hydrogens is 292 g/mol. The number of hydrogen-bond donors (Lipinski definition) is 1. The van der Waals surface area contributed by atoms with Gasteiger partial charge in [-0.2, -0.15) is 0 Å². The first-order valence-electron chi connectivity index (χ1n) is 6.35. The number of carbonyl (C=O) groups is 2. The normalized spacial score (nSPS) is 17.1. The predicted molar refractivity (Wildman–Crippen MR) is 79.0 cm³/mol. The van der Waals surface area contributed by atoms with Crippen LogP contribution in [0, 0.1) is 6.92 Å². The molecule has 112 valence electrons. The predicted octanol–water partition coefficient (Wildman–Crippen LogP) is 1.83. The van der Waals surface area contributed by atoms with Crippen LogP contribution >= 0.6 is 11.8 Å². The van der Waals surface area contributed by atoms with Gasteiger partial charge in [0.1, 0.15) is 11.6 Å². The zero-order valence-electron chi connectivity index (χ0n) is 11.8. The monoisotopic (exact) mass is 308 g/mol. The number of nitrogen functional groups attached to an aromatic ring is 1. The van der Waals surface area contributed by atoms with Crippen molar-refractivity contribution in [3.8, 4) is 0 Å². The summed E-state index contributed by atoms with van der Waals surface area (Å²) >= 11 is 1.01. The molecule has 1 amide bonds. The number of aromatic nitrogens is 2. The van der Waals surface area contributed by atoms with Gasteiger partial charge < -0.3 is 15.4 Å². The fourth-order valence-corrected chi connectivity index (χ4v) is 2.67. The minimum Gasteiger partial charge on any atom is -0.457 e. The standard InChI is InChI=1S/C13H16N4O3S/c1-8(11-3-4-20-13(19)21-11)17(7-18)6-10-5-15-9(2)16-12(10)14/h5,7H,3-4,6H2,1-2H3,(H2,14,15,16). The number of cyclic esters (lactones) is 1. The third kappa shape index (κ3) is 3.72. The molecule has 0 atom stereocenters. The van der Waals surface area contributed by atoms with E-state index in [0.29, 0.717) is 42.3 Å². The average molecular weight is 308 g/mol. The Morgan fingerprint density at radius 2 is 2.38 bits per heavy atom. The number of nitrogens with two attached hydrogens (primary N) is 1. The second-order valence-corrected chi connectivity index (χ2v) is 5.55. The summed E-state index contributed by atoms with van der Waals surface area (Å²) in [4.78, 5) is 33.1. The van der Waals surface area contributed by atoms with Gasteiger partial charge in [-0.05, 0) is 25.6 Å². The van der Waals surface area contributed by atoms with Gasteiger partial charge in [0.15, 0.2) is 0 Å². The summed E-state index contributed by atoms with van der Waals surface area (Å²) in [7, 11) is 0. The fraction of sp³-hybridized carbons (Fsp3) is 0.385. The van der Waals surface area contributed by atoms with E-state index in [4.69, 9.17) is 10.5 Å². The zero-order valence-corrected chi connectivity index (χ0v) is 12.6. The number of carbonyl (C=O) groups excluding carboxylic acids is 2. The summed E-state index contributed by atoms with van der Waals surface area (Å²) in [5.74, 6) is 0.928. The molecule has 0 aliphatic carbocycles. The molecule has 1 saturated heterocycles. The van der Waals surface area contributed by atoms with Crippen molar-refractivity contribution in [3.05, 3.63) is 28.2 Å². The molecule has 0 bridgehead atoms. The van der Waals surface area contributed by atoms with E-state index in [0.717, 1.165) is 16.7 Å². The summed E-state index contributed by atoms with van der Waals surface area (Å²) in [6.45, 7) is 4.14. The molecule has 1 aromatic rings. The van der Waals surface area contributed by atoms with E-state index in [1.54, 1.807) is 20.0 Å². The van der Waals surface area contributed by atoms with Gasteiger partial charge in [0.2, 0.25) is 6.41 Å². The highest BCUT2D eigenvalue weighted by Crippen LogP contribution is 2.31. The van der Waals surface area contributed by atoms with Gasteiger partial charge in [-0.1, -0.05) is 0 Å². The number of amides is 1. The third-order valence-electron chi connectivity index (χ3n) is 3.08. The highest BCUT2D eigenvalue weighted by Gasteiger charge is 2.20. The molecule has 0 spiro atoms. The molecule has 1 aliphatic rings. The molecule has 2 heterocycles. The number of rotatable bonds is 4. The van der Waals surface area contributed by atoms with Gasteiger partial charge in [0.25, 0.3) is 0 Å². The lowest BCUT2D eigenvalue weighted by atomic mass is 10.2. The Morgan fingerprint density at radius 3 is 3.00 bits per heavy atom. The summed E-state index contributed by atoms with van der Waals surface area (Å²) in [5.41, 5.74) is 7.21. The Labute approximate surface area is 126 Å². The lowest BCUT2D eigenvalue weighted by Crippen LogP contribution is -2.23. The lowest BCUT2D eigenvalue weighted by molar-refractivity contribution is -0.116. The van der Waals surface area contributed by atoms with E-state index in [-0.39, 0.29) is 11.8 Å². The fourth-order valence-electron chi connectivity index (χ4n) is 1.88. The lowest BCUT2D eigenvalue weighted by Gasteiger charge is -2.23. The van der Waals surface area contributed by atoms with Crippen LogP contribution in [0.4, 0.5) is 10.6 Å². The first kappa shape index (κ1) is 15.3. The minimum absolute atomic E-state index is 0.264. The van der Waals surface area contributed by atoms with E-state index >= 15 is 0 Å². The van der Waals surface area contributed by atoms with Crippen LogP contribution in [0.3, 0.4) is 0 Å². The van der Waals surface area contributed by atoms with E-state index in [1.807, 2.05) is 0 Å². The quantitative estimate of drug-likeness (QED) is 0.669. The third-order valence-corrected chi connectivity index (χ3v) is 4.11. The van der Waals surface area contributed by atoms with Crippen LogP contribution < -0.4 is 5.73 Å². The Kier molecular flexibility index (Phi) is 4.79. The topological polar surface area (TPSA) is 98.4 Å². The molecule has 1 fully saturated rings. The van der Waals surface area contributed by atoms with E-state index in [9.17, 15) is 9.59 Å². The molecule has 1 aromatic heterocycles. The maximum absolute atomic E-state index is 11.3. The van der Waals surface area contributed by atoms with Gasteiger partial charge >= 0.3 is 5.30 Å². The zero-order chi connectivity index (χ0) is 15.4. The van der Waals surface area contributed by atoms with Crippen molar-refractivity contribution in [2.24, 2.45) is 0 Å². The highest BCUT2D eigenvalue weighted by atomic mass is 32.2. The van der Waals surface area contributed by atoms with Crippen LogP contribution in [0.2, 0.25) is 0 Å². The van der Waals surface area contributed by atoms with Crippen LogP contribution in [0.5, 0.6) is 0 Å². The molecule has 8 heteroatoms. The number of hydrogen-bond acceptors (Lipinski definition) is 7. The van der Waals surface area contributed by atoms with Crippen LogP contribution in [0.25, 0.3) is 0 Å². The minimum atomic E-state index is -0.348. The molecule has 0 saturated carbocycles. The molecule has 0 radical (unpaired) electrons. The van der Waals surface area contributed by atoms with E-state index in [2.05, 4.69) is 9.97 Å². The van der Waals surface area contributed by atoms with Crippen molar-refractivity contribution < 1.29 is 14.3 Å². The first-order valence-corrected chi connectivity index (χ1v) is 7.17. The number of nitrogens with zero attached hydrogens (tertiary/aromatic N) is 3. The molecule has 7 nitrogen and oxygen atoms in total. The largest absolute Gasteiger partial charge is 0.457 e. The average Bonchev–Trinajstić information content (AvgIpc) is 2.46. The second-order valence-electron chi connectivity index (χ2n) is 4.52. The molecule has 2 N–H and O–H groups in total. The number of thioether (sulfide) groups is 1. The first-order chi connectivity index (χ1) is 10.0. The van der Waals surface area contributed by atoms with E-state index in [1.165, 1.54) is 4.90 Å². The van der Waals surface area contributed by atoms with Gasteiger partial charge in [-0.25, -0.2) is 14.8 Å². The Bertz CT molecular complexity index is 603. The smallest absolute Gasteiger partial charge is 0.371 e. The second kappa shape index (κ2) is 6.57. The van der Waals surface area contributed by atoms with Crippen molar-refractivity contribution in [2.45, 2.75) is 26.8 Å². The van der Waals surface area contributed by atoms with Crippen molar-refractivity contribution in [3.63, 3.8) is 0 Å². The van der Waals surface area contributed by atoms with Crippen molar-refractivity contribution in [1.82, 2.24) is 14.9 Å².